The second kappa shape index (κ2) is 7.43. The summed E-state index contributed by atoms with van der Waals surface area (Å²) in [5.74, 6) is -0.830. The second-order valence-electron chi connectivity index (χ2n) is 6.07. The lowest BCUT2D eigenvalue weighted by Crippen LogP contribution is -2.36. The lowest BCUT2D eigenvalue weighted by Gasteiger charge is -2.29. The Balaban J connectivity index is 1.79. The van der Waals surface area contributed by atoms with Crippen molar-refractivity contribution in [3.05, 3.63) is 59.4 Å². The summed E-state index contributed by atoms with van der Waals surface area (Å²) < 4.78 is 45.5. The number of rotatable bonds is 6. The number of hydrogen-bond acceptors (Lipinski definition) is 4. The van der Waals surface area contributed by atoms with E-state index in [9.17, 15) is 17.6 Å². The number of benzene rings is 2. The molecule has 1 amide bonds. The molecule has 0 fully saturated rings. The molecule has 1 aliphatic heterocycles. The third-order valence-electron chi connectivity index (χ3n) is 4.06. The highest BCUT2D eigenvalue weighted by Gasteiger charge is 2.24. The molecule has 0 atom stereocenters. The Hall–Kier alpha value is -2.45. The summed E-state index contributed by atoms with van der Waals surface area (Å²) in [4.78, 5) is 13.5. The SMILES string of the molecule is COCN1C(=O)CCc2cc(NS(=O)(=O)Cc3cccc(F)c3)ccc21. The fourth-order valence-corrected chi connectivity index (χ4v) is 4.13. The molecule has 0 saturated carbocycles. The van der Waals surface area contributed by atoms with Crippen molar-refractivity contribution in [3.8, 4) is 0 Å². The zero-order valence-electron chi connectivity index (χ0n) is 14.2. The minimum absolute atomic E-state index is 0.0289. The second-order valence-corrected chi connectivity index (χ2v) is 7.80. The summed E-state index contributed by atoms with van der Waals surface area (Å²) in [5, 5.41) is 0. The highest BCUT2D eigenvalue weighted by atomic mass is 32.2. The molecule has 0 unspecified atom stereocenters. The molecule has 6 nitrogen and oxygen atoms in total. The summed E-state index contributed by atoms with van der Waals surface area (Å²) >= 11 is 0. The fraction of sp³-hybridized carbons (Fsp3) is 0.278. The van der Waals surface area contributed by atoms with Gasteiger partial charge in [-0.25, -0.2) is 12.8 Å². The standard InChI is InChI=1S/C18H19FN2O4S/c1-25-12-21-17-7-6-16(10-14(17)5-8-18(21)22)20-26(23,24)11-13-3-2-4-15(19)9-13/h2-4,6-7,9-10,20H,5,8,11-12H2,1H3. The molecule has 8 heteroatoms. The Morgan fingerprint density at radius 1 is 1.19 bits per heavy atom. The molecule has 138 valence electrons. The minimum atomic E-state index is -3.69. The van der Waals surface area contributed by atoms with Crippen LogP contribution in [0.4, 0.5) is 15.8 Å². The first-order valence-corrected chi connectivity index (χ1v) is 9.70. The quantitative estimate of drug-likeness (QED) is 0.839. The molecule has 3 rings (SSSR count). The number of nitrogens with zero attached hydrogens (tertiary/aromatic N) is 1. The summed E-state index contributed by atoms with van der Waals surface area (Å²) in [7, 11) is -2.18. The number of carbonyl (C=O) groups is 1. The van der Waals surface area contributed by atoms with Crippen LogP contribution in [-0.2, 0) is 31.7 Å². The van der Waals surface area contributed by atoms with E-state index in [2.05, 4.69) is 4.72 Å². The summed E-state index contributed by atoms with van der Waals surface area (Å²) in [6, 6.07) is 10.5. The van der Waals surface area contributed by atoms with Crippen LogP contribution in [0, 0.1) is 5.82 Å². The van der Waals surface area contributed by atoms with Crippen LogP contribution >= 0.6 is 0 Å². The molecule has 0 spiro atoms. The molecular formula is C18H19FN2O4S. The molecular weight excluding hydrogens is 359 g/mol. The smallest absolute Gasteiger partial charge is 0.236 e. The Bertz CT molecular complexity index is 931. The number of aryl methyl sites for hydroxylation is 1. The third kappa shape index (κ3) is 4.20. The van der Waals surface area contributed by atoms with Crippen molar-refractivity contribution >= 4 is 27.3 Å². The van der Waals surface area contributed by atoms with Gasteiger partial charge >= 0.3 is 0 Å². The zero-order chi connectivity index (χ0) is 18.7. The molecule has 0 bridgehead atoms. The zero-order valence-corrected chi connectivity index (χ0v) is 15.1. The van der Waals surface area contributed by atoms with Gasteiger partial charge in [-0.15, -0.1) is 0 Å². The number of amides is 1. The number of fused-ring (bicyclic) bond motifs is 1. The highest BCUT2D eigenvalue weighted by molar-refractivity contribution is 7.91. The lowest BCUT2D eigenvalue weighted by molar-refractivity contribution is -0.119. The lowest BCUT2D eigenvalue weighted by atomic mass is 10.0. The predicted octanol–water partition coefficient (Wildman–Crippen LogP) is 2.65. The van der Waals surface area contributed by atoms with Gasteiger partial charge in [-0.1, -0.05) is 12.1 Å². The van der Waals surface area contributed by atoms with E-state index >= 15 is 0 Å². The van der Waals surface area contributed by atoms with Gasteiger partial charge in [0, 0.05) is 24.9 Å². The van der Waals surface area contributed by atoms with Gasteiger partial charge in [-0.05, 0) is 47.9 Å². The number of sulfonamides is 1. The van der Waals surface area contributed by atoms with E-state index in [0.29, 0.717) is 24.1 Å². The van der Waals surface area contributed by atoms with Gasteiger partial charge in [0.05, 0.1) is 5.75 Å². The summed E-state index contributed by atoms with van der Waals surface area (Å²) in [6.45, 7) is 0.149. The van der Waals surface area contributed by atoms with Gasteiger partial charge in [0.1, 0.15) is 12.5 Å². The third-order valence-corrected chi connectivity index (χ3v) is 5.32. The van der Waals surface area contributed by atoms with Crippen LogP contribution in [0.5, 0.6) is 0 Å². The average molecular weight is 378 g/mol. The monoisotopic (exact) mass is 378 g/mol. The van der Waals surface area contributed by atoms with Crippen LogP contribution in [0.15, 0.2) is 42.5 Å². The number of methoxy groups -OCH3 is 1. The van der Waals surface area contributed by atoms with Crippen molar-refractivity contribution in [1.29, 1.82) is 0 Å². The largest absolute Gasteiger partial charge is 0.364 e. The maximum absolute atomic E-state index is 13.2. The van der Waals surface area contributed by atoms with Crippen LogP contribution < -0.4 is 9.62 Å². The van der Waals surface area contributed by atoms with Crippen LogP contribution in [-0.4, -0.2) is 28.2 Å². The van der Waals surface area contributed by atoms with Crippen LogP contribution in [0.2, 0.25) is 0 Å². The fourth-order valence-electron chi connectivity index (χ4n) is 2.96. The van der Waals surface area contributed by atoms with E-state index in [1.807, 2.05) is 0 Å². The van der Waals surface area contributed by atoms with Gasteiger partial charge in [-0.3, -0.25) is 14.4 Å². The Morgan fingerprint density at radius 3 is 2.73 bits per heavy atom. The number of carbonyl (C=O) groups excluding carboxylic acids is 1. The maximum atomic E-state index is 13.2. The highest BCUT2D eigenvalue weighted by Crippen LogP contribution is 2.30. The van der Waals surface area contributed by atoms with Crippen molar-refractivity contribution in [2.45, 2.75) is 18.6 Å². The number of ether oxygens (including phenoxy) is 1. The van der Waals surface area contributed by atoms with Crippen molar-refractivity contribution in [2.75, 3.05) is 23.5 Å². The first-order valence-electron chi connectivity index (χ1n) is 8.05. The first-order chi connectivity index (χ1) is 12.4. The van der Waals surface area contributed by atoms with Gasteiger partial charge in [0.2, 0.25) is 15.9 Å². The Morgan fingerprint density at radius 2 is 2.00 bits per heavy atom. The topological polar surface area (TPSA) is 75.7 Å². The van der Waals surface area contributed by atoms with Gasteiger partial charge in [-0.2, -0.15) is 0 Å². The first kappa shape index (κ1) is 18.3. The molecule has 1 aliphatic rings. The molecule has 1 N–H and O–H groups in total. The minimum Gasteiger partial charge on any atom is -0.364 e. The van der Waals surface area contributed by atoms with E-state index in [1.54, 1.807) is 24.3 Å². The number of anilines is 2. The molecule has 2 aromatic rings. The van der Waals surface area contributed by atoms with Gasteiger partial charge in [0.15, 0.2) is 0 Å². The molecule has 0 aromatic heterocycles. The molecule has 2 aromatic carbocycles. The van der Waals surface area contributed by atoms with Crippen molar-refractivity contribution < 1.29 is 22.3 Å². The van der Waals surface area contributed by atoms with Crippen molar-refractivity contribution in [2.24, 2.45) is 0 Å². The Kier molecular flexibility index (Phi) is 5.24. The molecule has 0 aliphatic carbocycles. The summed E-state index contributed by atoms with van der Waals surface area (Å²) in [5.41, 5.74) is 2.36. The number of nitrogens with one attached hydrogen (secondary N) is 1. The normalized spacial score (nSPS) is 14.2. The number of hydrogen-bond donors (Lipinski definition) is 1. The van der Waals surface area contributed by atoms with Crippen LogP contribution in [0.1, 0.15) is 17.5 Å². The van der Waals surface area contributed by atoms with E-state index in [0.717, 1.165) is 11.3 Å². The van der Waals surface area contributed by atoms with Crippen LogP contribution in [0.3, 0.4) is 0 Å². The van der Waals surface area contributed by atoms with E-state index < -0.39 is 15.8 Å². The van der Waals surface area contributed by atoms with Crippen LogP contribution in [0.25, 0.3) is 0 Å². The Labute approximate surface area is 151 Å². The predicted molar refractivity (Wildman–Crippen MR) is 96.8 cm³/mol. The summed E-state index contributed by atoms with van der Waals surface area (Å²) in [6.07, 6.45) is 0.879. The maximum Gasteiger partial charge on any atom is 0.236 e. The van der Waals surface area contributed by atoms with Crippen molar-refractivity contribution in [3.63, 3.8) is 0 Å². The van der Waals surface area contributed by atoms with E-state index in [1.165, 1.54) is 30.2 Å². The van der Waals surface area contributed by atoms with Gasteiger partial charge in [0.25, 0.3) is 0 Å². The van der Waals surface area contributed by atoms with Gasteiger partial charge < -0.3 is 4.74 Å². The molecule has 0 radical (unpaired) electrons. The van der Waals surface area contributed by atoms with E-state index in [-0.39, 0.29) is 18.4 Å². The van der Waals surface area contributed by atoms with Crippen molar-refractivity contribution in [1.82, 2.24) is 0 Å². The van der Waals surface area contributed by atoms with E-state index in [4.69, 9.17) is 4.74 Å². The molecule has 0 saturated heterocycles. The molecule has 26 heavy (non-hydrogen) atoms. The molecule has 1 heterocycles. The average Bonchev–Trinajstić information content (AvgIpc) is 2.57. The number of halogens is 1.